The minimum Gasteiger partial charge on any atom is -0.481 e. The summed E-state index contributed by atoms with van der Waals surface area (Å²) < 4.78 is 0. The molecule has 0 aromatic heterocycles. The molecule has 0 radical (unpaired) electrons. The van der Waals surface area contributed by atoms with Crippen LogP contribution in [-0.4, -0.2) is 64.0 Å². The fourth-order valence-corrected chi connectivity index (χ4v) is 4.71. The lowest BCUT2D eigenvalue weighted by Gasteiger charge is -2.19. The Morgan fingerprint density at radius 3 is 2.44 bits per heavy atom. The first-order chi connectivity index (χ1) is 17.2. The minimum absolute atomic E-state index is 0.0227. The highest BCUT2D eigenvalue weighted by molar-refractivity contribution is 5.91. The van der Waals surface area contributed by atoms with Crippen LogP contribution in [-0.2, 0) is 14.4 Å². The molecular formula is C27H47N3O6. The van der Waals surface area contributed by atoms with Crippen LogP contribution in [0.15, 0.2) is 17.3 Å². The first-order valence-corrected chi connectivity index (χ1v) is 13.5. The van der Waals surface area contributed by atoms with Crippen molar-refractivity contribution in [3.63, 3.8) is 0 Å². The van der Waals surface area contributed by atoms with E-state index in [0.29, 0.717) is 25.7 Å². The Morgan fingerprint density at radius 1 is 1.08 bits per heavy atom. The Hall–Kier alpha value is -2.10. The molecule has 1 amide bonds. The molecule has 0 heterocycles. The number of nitrogens with one attached hydrogen (secondary N) is 2. The molecule has 5 N–H and O–H groups in total. The van der Waals surface area contributed by atoms with E-state index < -0.39 is 18.2 Å². The van der Waals surface area contributed by atoms with Gasteiger partial charge in [0, 0.05) is 36.8 Å². The van der Waals surface area contributed by atoms with Crippen molar-refractivity contribution in [3.8, 4) is 0 Å². The second-order valence-corrected chi connectivity index (χ2v) is 9.88. The van der Waals surface area contributed by atoms with Gasteiger partial charge in [0.25, 0.3) is 0 Å². The van der Waals surface area contributed by atoms with Crippen molar-refractivity contribution in [2.45, 2.75) is 116 Å². The fraction of sp³-hybridized carbons (Fsp3) is 0.778. The third kappa shape index (κ3) is 12.7. The zero-order chi connectivity index (χ0) is 26.9. The molecule has 0 aromatic rings. The van der Waals surface area contributed by atoms with Gasteiger partial charge >= 0.3 is 5.97 Å². The van der Waals surface area contributed by atoms with Gasteiger partial charge in [0.05, 0.1) is 18.2 Å². The van der Waals surface area contributed by atoms with Gasteiger partial charge in [0.15, 0.2) is 0 Å². The molecule has 0 bridgehead atoms. The van der Waals surface area contributed by atoms with Crippen molar-refractivity contribution >= 4 is 23.4 Å². The lowest BCUT2D eigenvalue weighted by atomic mass is 9.88. The minimum atomic E-state index is -0.786. The molecule has 5 unspecified atom stereocenters. The van der Waals surface area contributed by atoms with Crippen molar-refractivity contribution in [3.05, 3.63) is 12.2 Å². The molecule has 1 aliphatic rings. The van der Waals surface area contributed by atoms with Gasteiger partial charge in [-0.15, -0.1) is 0 Å². The summed E-state index contributed by atoms with van der Waals surface area (Å²) in [4.78, 5) is 34.6. The molecule has 0 aliphatic heterocycles. The smallest absolute Gasteiger partial charge is 0.303 e. The van der Waals surface area contributed by atoms with E-state index in [4.69, 9.17) is 5.11 Å². The van der Waals surface area contributed by atoms with Crippen LogP contribution in [0.2, 0.25) is 0 Å². The van der Waals surface area contributed by atoms with Gasteiger partial charge in [-0.2, -0.15) is 5.10 Å². The third-order valence-corrected chi connectivity index (χ3v) is 6.89. The molecule has 1 fully saturated rings. The number of hydrazone groups is 1. The van der Waals surface area contributed by atoms with Crippen molar-refractivity contribution in [2.24, 2.45) is 16.9 Å². The largest absolute Gasteiger partial charge is 0.481 e. The zero-order valence-corrected chi connectivity index (χ0v) is 22.2. The predicted octanol–water partition coefficient (Wildman–Crippen LogP) is 3.34. The summed E-state index contributed by atoms with van der Waals surface area (Å²) in [5.41, 5.74) is 3.33. The average molecular weight is 510 g/mol. The van der Waals surface area contributed by atoms with Gasteiger partial charge in [-0.3, -0.25) is 14.4 Å². The first-order valence-electron chi connectivity index (χ1n) is 13.5. The number of unbranched alkanes of at least 4 members (excludes halogenated alkanes) is 5. The van der Waals surface area contributed by atoms with E-state index in [-0.39, 0.29) is 42.4 Å². The summed E-state index contributed by atoms with van der Waals surface area (Å²) in [5.74, 6) is -1.36. The monoisotopic (exact) mass is 509 g/mol. The molecule has 36 heavy (non-hydrogen) atoms. The molecule has 9 heteroatoms. The van der Waals surface area contributed by atoms with Crippen LogP contribution in [0.4, 0.5) is 0 Å². The lowest BCUT2D eigenvalue weighted by molar-refractivity contribution is -0.137. The summed E-state index contributed by atoms with van der Waals surface area (Å²) in [6.07, 6.45) is 11.3. The Morgan fingerprint density at radius 2 is 1.81 bits per heavy atom. The number of hydrogen-bond acceptors (Lipinski definition) is 7. The number of amides is 1. The number of likely N-dealkylation sites (N-methyl/N-ethyl adjacent to an activating group) is 1. The van der Waals surface area contributed by atoms with E-state index in [1.807, 2.05) is 6.08 Å². The maximum atomic E-state index is 12.3. The molecule has 0 aromatic carbocycles. The number of carboxylic acids is 1. The summed E-state index contributed by atoms with van der Waals surface area (Å²) in [7, 11) is 1.69. The highest BCUT2D eigenvalue weighted by atomic mass is 16.4. The molecule has 1 rings (SSSR count). The fourth-order valence-electron chi connectivity index (χ4n) is 4.71. The van der Waals surface area contributed by atoms with E-state index in [1.165, 1.54) is 6.92 Å². The van der Waals surface area contributed by atoms with Crippen molar-refractivity contribution < 1.29 is 29.7 Å². The number of nitrogens with zero attached hydrogens (tertiary/aromatic N) is 1. The standard InChI is InChI=1S/C27H47N3O6/c1-4-5-8-11-20(32)14-15-22-21(12-9-6-7-10-13-27(35)36)24(18-25(22)33)29-30-26(34)17-16-23(28-3)19(2)31/h14-15,20-23,25,28,32-33H,4-13,16-18H2,1-3H3,(H,30,34)(H,35,36)/b15-14+,29-24?. The second kappa shape index (κ2) is 18.2. The topological polar surface area (TPSA) is 148 Å². The van der Waals surface area contributed by atoms with Gasteiger partial charge < -0.3 is 20.6 Å². The lowest BCUT2D eigenvalue weighted by Crippen LogP contribution is -2.33. The number of hydrogen-bond donors (Lipinski definition) is 5. The number of aliphatic carboxylic acids is 1. The van der Waals surface area contributed by atoms with Crippen molar-refractivity contribution in [1.29, 1.82) is 0 Å². The maximum absolute atomic E-state index is 12.3. The van der Waals surface area contributed by atoms with E-state index in [2.05, 4.69) is 22.8 Å². The summed E-state index contributed by atoms with van der Waals surface area (Å²) >= 11 is 0. The normalized spacial score (nSPS) is 22.7. The van der Waals surface area contributed by atoms with E-state index in [9.17, 15) is 24.6 Å². The Bertz CT molecular complexity index is 739. The highest BCUT2D eigenvalue weighted by Gasteiger charge is 2.38. The van der Waals surface area contributed by atoms with Crippen LogP contribution in [0.3, 0.4) is 0 Å². The maximum Gasteiger partial charge on any atom is 0.303 e. The third-order valence-electron chi connectivity index (χ3n) is 6.89. The molecule has 9 nitrogen and oxygen atoms in total. The molecule has 206 valence electrons. The molecule has 1 aliphatic carbocycles. The molecular weight excluding hydrogens is 462 g/mol. The van der Waals surface area contributed by atoms with Crippen LogP contribution in [0.1, 0.15) is 97.3 Å². The Kier molecular flexibility index (Phi) is 16.1. The number of Topliss-reactive ketones (excluding diaryl/α,β-unsaturated/α-hetero) is 1. The van der Waals surface area contributed by atoms with E-state index in [0.717, 1.165) is 50.7 Å². The summed E-state index contributed by atoms with van der Waals surface area (Å²) in [6, 6.07) is -0.371. The van der Waals surface area contributed by atoms with Gasteiger partial charge in [-0.1, -0.05) is 57.6 Å². The zero-order valence-electron chi connectivity index (χ0n) is 22.2. The van der Waals surface area contributed by atoms with Crippen LogP contribution in [0.25, 0.3) is 0 Å². The van der Waals surface area contributed by atoms with Gasteiger partial charge in [0.1, 0.15) is 5.78 Å². The molecule has 5 atom stereocenters. The molecule has 0 saturated heterocycles. The number of aliphatic hydroxyl groups excluding tert-OH is 2. The number of carbonyl (C=O) groups is 3. The number of rotatable bonds is 19. The van der Waals surface area contributed by atoms with E-state index >= 15 is 0 Å². The molecule has 1 saturated carbocycles. The number of aliphatic hydroxyl groups is 2. The van der Waals surface area contributed by atoms with Crippen LogP contribution >= 0.6 is 0 Å². The summed E-state index contributed by atoms with van der Waals surface area (Å²) in [6.45, 7) is 3.60. The second-order valence-electron chi connectivity index (χ2n) is 9.88. The summed E-state index contributed by atoms with van der Waals surface area (Å²) in [5, 5.41) is 37.1. The Balaban J connectivity index is 2.79. The number of carboxylic acid groups (broad SMARTS) is 1. The van der Waals surface area contributed by atoms with Crippen LogP contribution in [0, 0.1) is 11.8 Å². The van der Waals surface area contributed by atoms with Crippen molar-refractivity contribution in [1.82, 2.24) is 10.7 Å². The highest BCUT2D eigenvalue weighted by Crippen LogP contribution is 2.35. The van der Waals surface area contributed by atoms with Crippen molar-refractivity contribution in [2.75, 3.05) is 7.05 Å². The van der Waals surface area contributed by atoms with Crippen LogP contribution in [0.5, 0.6) is 0 Å². The Labute approximate surface area is 215 Å². The van der Waals surface area contributed by atoms with E-state index in [1.54, 1.807) is 13.1 Å². The van der Waals surface area contributed by atoms with Crippen LogP contribution < -0.4 is 10.7 Å². The number of ketones is 1. The SMILES string of the molecule is CCCCCC(O)/C=C/C1C(O)CC(=NNC(=O)CCC(NC)C(C)=O)C1CCCCCCC(=O)O. The van der Waals surface area contributed by atoms with Gasteiger partial charge in [0.2, 0.25) is 5.91 Å². The average Bonchev–Trinajstić information content (AvgIpc) is 3.12. The quantitative estimate of drug-likeness (QED) is 0.102. The van der Waals surface area contributed by atoms with Gasteiger partial charge in [-0.25, -0.2) is 5.43 Å². The molecule has 0 spiro atoms. The first kappa shape index (κ1) is 31.9. The number of carbonyl (C=O) groups excluding carboxylic acids is 2. The van der Waals surface area contributed by atoms with Gasteiger partial charge in [-0.05, 0) is 39.7 Å². The predicted molar refractivity (Wildman–Crippen MR) is 141 cm³/mol.